The average Bonchev–Trinajstić information content (AvgIpc) is 2.15. The van der Waals surface area contributed by atoms with E-state index in [1.165, 1.54) is 0 Å². The minimum Gasteiger partial charge on any atom is -0.392 e. The molecule has 0 saturated carbocycles. The van der Waals surface area contributed by atoms with Crippen LogP contribution in [0, 0.1) is 23.2 Å². The Hall–Kier alpha value is -0.0400. The van der Waals surface area contributed by atoms with Gasteiger partial charge in [-0.15, -0.1) is 0 Å². The van der Waals surface area contributed by atoms with Crippen molar-refractivity contribution in [3.8, 4) is 0 Å². The van der Waals surface area contributed by atoms with Crippen molar-refractivity contribution in [1.29, 1.82) is 0 Å². The summed E-state index contributed by atoms with van der Waals surface area (Å²) in [5.41, 5.74) is 0.0825. The Bertz CT molecular complexity index is 160. The predicted molar refractivity (Wildman–Crippen MR) is 67.9 cm³/mol. The van der Waals surface area contributed by atoms with Gasteiger partial charge in [-0.3, -0.25) is 0 Å². The minimum absolute atomic E-state index is 0.0825. The molecule has 1 nitrogen and oxygen atoms in total. The third-order valence-corrected chi connectivity index (χ3v) is 4.23. The van der Waals surface area contributed by atoms with E-state index in [2.05, 4.69) is 48.5 Å². The van der Waals surface area contributed by atoms with Crippen LogP contribution in [0.25, 0.3) is 0 Å². The summed E-state index contributed by atoms with van der Waals surface area (Å²) in [5.74, 6) is 1.52. The fourth-order valence-corrected chi connectivity index (χ4v) is 2.63. The number of rotatable bonds is 6. The summed E-state index contributed by atoms with van der Waals surface area (Å²) in [5, 5.41) is 10.6. The van der Waals surface area contributed by atoms with Crippen LogP contribution in [0.4, 0.5) is 0 Å². The molecule has 0 aliphatic rings. The lowest BCUT2D eigenvalue weighted by Gasteiger charge is -2.41. The molecule has 15 heavy (non-hydrogen) atoms. The van der Waals surface area contributed by atoms with E-state index in [0.29, 0.717) is 17.8 Å². The van der Waals surface area contributed by atoms with Crippen LogP contribution in [0.3, 0.4) is 0 Å². The lowest BCUT2D eigenvalue weighted by Crippen LogP contribution is -2.42. The zero-order chi connectivity index (χ0) is 12.2. The van der Waals surface area contributed by atoms with Crippen LogP contribution in [0.15, 0.2) is 0 Å². The third-order valence-electron chi connectivity index (χ3n) is 4.23. The molecule has 92 valence electrons. The highest BCUT2D eigenvalue weighted by atomic mass is 16.3. The maximum atomic E-state index is 10.6. The zero-order valence-corrected chi connectivity index (χ0v) is 11.7. The summed E-state index contributed by atoms with van der Waals surface area (Å²) in [6, 6.07) is 0. The number of aliphatic hydroxyl groups excluding tert-OH is 1. The van der Waals surface area contributed by atoms with Gasteiger partial charge in [0.1, 0.15) is 0 Å². The van der Waals surface area contributed by atoms with Crippen molar-refractivity contribution >= 4 is 0 Å². The normalized spacial score (nSPS) is 15.4. The Morgan fingerprint density at radius 2 is 1.27 bits per heavy atom. The summed E-state index contributed by atoms with van der Waals surface area (Å²) in [6.07, 6.45) is 1.94. The van der Waals surface area contributed by atoms with Crippen LogP contribution in [0.2, 0.25) is 0 Å². The number of hydrogen-bond donors (Lipinski definition) is 1. The second kappa shape index (κ2) is 5.89. The molecule has 0 bridgehead atoms. The van der Waals surface area contributed by atoms with E-state index in [4.69, 9.17) is 0 Å². The summed E-state index contributed by atoms with van der Waals surface area (Å²) in [4.78, 5) is 0. The predicted octanol–water partition coefficient (Wildman–Crippen LogP) is 4.10. The first-order valence-corrected chi connectivity index (χ1v) is 6.48. The molecule has 0 radical (unpaired) electrons. The molecule has 1 N–H and O–H groups in total. The molecule has 0 aliphatic carbocycles. The van der Waals surface area contributed by atoms with Gasteiger partial charge in [0.2, 0.25) is 0 Å². The highest BCUT2D eigenvalue weighted by Gasteiger charge is 2.37. The first-order valence-electron chi connectivity index (χ1n) is 6.48. The lowest BCUT2D eigenvalue weighted by atomic mass is 9.68. The van der Waals surface area contributed by atoms with Gasteiger partial charge in [0.15, 0.2) is 0 Å². The lowest BCUT2D eigenvalue weighted by molar-refractivity contribution is -0.0459. The van der Waals surface area contributed by atoms with Gasteiger partial charge in [-0.1, -0.05) is 48.5 Å². The molecule has 0 heterocycles. The smallest absolute Gasteiger partial charge is 0.0626 e. The van der Waals surface area contributed by atoms with Gasteiger partial charge in [-0.2, -0.15) is 0 Å². The van der Waals surface area contributed by atoms with Crippen LogP contribution < -0.4 is 0 Å². The van der Waals surface area contributed by atoms with Crippen LogP contribution in [0.5, 0.6) is 0 Å². The van der Waals surface area contributed by atoms with Gasteiger partial charge < -0.3 is 5.11 Å². The molecule has 1 heteroatoms. The van der Waals surface area contributed by atoms with Crippen molar-refractivity contribution < 1.29 is 5.11 Å². The highest BCUT2D eigenvalue weighted by molar-refractivity contribution is 4.87. The van der Waals surface area contributed by atoms with Crippen molar-refractivity contribution in [1.82, 2.24) is 0 Å². The van der Waals surface area contributed by atoms with Crippen molar-refractivity contribution in [2.75, 3.05) is 0 Å². The van der Waals surface area contributed by atoms with Crippen LogP contribution >= 0.6 is 0 Å². The van der Waals surface area contributed by atoms with Crippen LogP contribution in [0.1, 0.15) is 61.3 Å². The summed E-state index contributed by atoms with van der Waals surface area (Å²) < 4.78 is 0. The molecular formula is C14H30O. The second-order valence-electron chi connectivity index (χ2n) is 5.87. The molecule has 0 spiro atoms. The maximum Gasteiger partial charge on any atom is 0.0626 e. The molecule has 0 amide bonds. The Labute approximate surface area is 96.3 Å². The van der Waals surface area contributed by atoms with E-state index >= 15 is 0 Å². The largest absolute Gasteiger partial charge is 0.392 e. The molecule has 0 aromatic carbocycles. The highest BCUT2D eigenvalue weighted by Crippen LogP contribution is 2.39. The van der Waals surface area contributed by atoms with E-state index in [1.807, 2.05) is 0 Å². The molecule has 1 atom stereocenters. The van der Waals surface area contributed by atoms with Gasteiger partial charge in [0.05, 0.1) is 6.10 Å². The van der Waals surface area contributed by atoms with Crippen molar-refractivity contribution in [2.45, 2.75) is 67.4 Å². The molecule has 0 aromatic heterocycles. The molecule has 0 rings (SSSR count). The molecule has 0 fully saturated rings. The van der Waals surface area contributed by atoms with E-state index in [0.717, 1.165) is 12.8 Å². The Balaban J connectivity index is 4.83. The fourth-order valence-electron chi connectivity index (χ4n) is 2.63. The summed E-state index contributed by atoms with van der Waals surface area (Å²) in [6.45, 7) is 15.5. The maximum absolute atomic E-state index is 10.6. The third kappa shape index (κ3) is 3.48. The minimum atomic E-state index is -0.174. The van der Waals surface area contributed by atoms with Gasteiger partial charge >= 0.3 is 0 Å². The number of aliphatic hydroxyl groups is 1. The standard InChI is InChI=1S/C14H30O/c1-8-14(7,9-2)13(15)12(10(3)4)11(5)6/h10-13,15H,8-9H2,1-7H3. The summed E-state index contributed by atoms with van der Waals surface area (Å²) in [7, 11) is 0. The van der Waals surface area contributed by atoms with Gasteiger partial charge in [0.25, 0.3) is 0 Å². The first kappa shape index (κ1) is 15.0. The first-order chi connectivity index (χ1) is 6.80. The summed E-state index contributed by atoms with van der Waals surface area (Å²) >= 11 is 0. The van der Waals surface area contributed by atoms with Gasteiger partial charge in [-0.25, -0.2) is 0 Å². The molecule has 0 aliphatic heterocycles. The van der Waals surface area contributed by atoms with Crippen LogP contribution in [-0.2, 0) is 0 Å². The van der Waals surface area contributed by atoms with E-state index in [1.54, 1.807) is 0 Å². The Morgan fingerprint density at radius 3 is 1.47 bits per heavy atom. The van der Waals surface area contributed by atoms with E-state index in [9.17, 15) is 5.11 Å². The Kier molecular flexibility index (Phi) is 5.87. The quantitative estimate of drug-likeness (QED) is 0.705. The monoisotopic (exact) mass is 214 g/mol. The fraction of sp³-hybridized carbons (Fsp3) is 1.00. The Morgan fingerprint density at radius 1 is 0.933 bits per heavy atom. The average molecular weight is 214 g/mol. The van der Waals surface area contributed by atoms with Gasteiger partial charge in [0, 0.05) is 0 Å². The SMILES string of the molecule is CCC(C)(CC)C(O)C(C(C)C)C(C)C. The molecule has 1 unspecified atom stereocenters. The molecule has 0 aromatic rings. The van der Waals surface area contributed by atoms with Gasteiger partial charge in [-0.05, 0) is 36.0 Å². The van der Waals surface area contributed by atoms with Crippen molar-refractivity contribution in [3.63, 3.8) is 0 Å². The molecular weight excluding hydrogens is 184 g/mol. The van der Waals surface area contributed by atoms with Crippen molar-refractivity contribution in [3.05, 3.63) is 0 Å². The number of hydrogen-bond acceptors (Lipinski definition) is 1. The molecule has 0 saturated heterocycles. The van der Waals surface area contributed by atoms with E-state index in [-0.39, 0.29) is 11.5 Å². The van der Waals surface area contributed by atoms with E-state index < -0.39 is 0 Å². The van der Waals surface area contributed by atoms with Crippen LogP contribution in [-0.4, -0.2) is 11.2 Å². The zero-order valence-electron chi connectivity index (χ0n) is 11.7. The second-order valence-corrected chi connectivity index (χ2v) is 5.87. The topological polar surface area (TPSA) is 20.2 Å². The van der Waals surface area contributed by atoms with Crippen molar-refractivity contribution in [2.24, 2.45) is 23.2 Å².